The molecule has 5 nitrogen and oxygen atoms in total. The van der Waals surface area contributed by atoms with Crippen LogP contribution in [0.3, 0.4) is 0 Å². The van der Waals surface area contributed by atoms with Crippen molar-refractivity contribution in [3.63, 3.8) is 0 Å². The molecule has 1 aliphatic heterocycles. The van der Waals surface area contributed by atoms with Gasteiger partial charge in [-0.1, -0.05) is 122 Å². The maximum absolute atomic E-state index is 6.56. The van der Waals surface area contributed by atoms with E-state index >= 15 is 0 Å². The third kappa shape index (κ3) is 6.03. The highest BCUT2D eigenvalue weighted by molar-refractivity contribution is 5.99. The number of rotatable bonds is 7. The van der Waals surface area contributed by atoms with Crippen molar-refractivity contribution in [3.8, 4) is 34.3 Å². The van der Waals surface area contributed by atoms with Gasteiger partial charge < -0.3 is 9.64 Å². The standard InChI is InChI=1S/C45H38N4O/c1-3-14-34(15-4-2)43-46-44(35-26-24-32(25-27-35)31-16-7-5-6-8-17-31)48-45(47-43)36-19-13-20-37(30-36)49-39-22-11-12-23-41(39)50-42-38-21-10-9-18-33(38)28-29-40(42)49/h3-4,9-16,18-30H,1,5-8,17H2,2H3/b15-4-,34-14+. The van der Waals surface area contributed by atoms with E-state index in [9.17, 15) is 0 Å². The van der Waals surface area contributed by atoms with Crippen molar-refractivity contribution in [1.82, 2.24) is 15.0 Å². The molecular weight excluding hydrogens is 613 g/mol. The fraction of sp³-hybridized carbons (Fsp3) is 0.133. The quantitative estimate of drug-likeness (QED) is 0.161. The normalized spacial score (nSPS) is 14.5. The van der Waals surface area contributed by atoms with E-state index in [1.54, 1.807) is 6.08 Å². The molecule has 6 aromatic rings. The van der Waals surface area contributed by atoms with E-state index in [0.717, 1.165) is 68.9 Å². The second kappa shape index (κ2) is 13.8. The number of fused-ring (bicyclic) bond motifs is 4. The van der Waals surface area contributed by atoms with Gasteiger partial charge in [0, 0.05) is 27.8 Å². The maximum atomic E-state index is 6.56. The summed E-state index contributed by atoms with van der Waals surface area (Å²) in [6, 6.07) is 37.9. The van der Waals surface area contributed by atoms with Gasteiger partial charge in [-0.15, -0.1) is 0 Å². The first-order chi connectivity index (χ1) is 24.7. The molecule has 0 saturated carbocycles. The van der Waals surface area contributed by atoms with E-state index in [-0.39, 0.29) is 0 Å². The lowest BCUT2D eigenvalue weighted by Gasteiger charge is -2.33. The second-order valence-corrected chi connectivity index (χ2v) is 12.7. The molecule has 0 radical (unpaired) electrons. The minimum absolute atomic E-state index is 0.595. The highest BCUT2D eigenvalue weighted by Gasteiger charge is 2.27. The van der Waals surface area contributed by atoms with Crippen molar-refractivity contribution in [1.29, 1.82) is 0 Å². The number of anilines is 3. The van der Waals surface area contributed by atoms with E-state index in [0.29, 0.717) is 17.5 Å². The minimum atomic E-state index is 0.595. The monoisotopic (exact) mass is 650 g/mol. The van der Waals surface area contributed by atoms with Crippen molar-refractivity contribution in [3.05, 3.63) is 158 Å². The summed E-state index contributed by atoms with van der Waals surface area (Å²) >= 11 is 0. The van der Waals surface area contributed by atoms with Gasteiger partial charge in [0.1, 0.15) is 0 Å². The lowest BCUT2D eigenvalue weighted by molar-refractivity contribution is 0.482. The molecule has 0 saturated heterocycles. The first-order valence-electron chi connectivity index (χ1n) is 17.4. The zero-order valence-corrected chi connectivity index (χ0v) is 28.2. The largest absolute Gasteiger partial charge is 0.452 e. The molecule has 2 aliphatic rings. The fourth-order valence-electron chi connectivity index (χ4n) is 6.93. The second-order valence-electron chi connectivity index (χ2n) is 12.7. The van der Waals surface area contributed by atoms with Gasteiger partial charge in [0.25, 0.3) is 0 Å². The Morgan fingerprint density at radius 1 is 0.740 bits per heavy atom. The molecule has 5 heteroatoms. The van der Waals surface area contributed by atoms with Gasteiger partial charge in [0.2, 0.25) is 0 Å². The Morgan fingerprint density at radius 2 is 1.54 bits per heavy atom. The Kier molecular flexibility index (Phi) is 8.62. The third-order valence-corrected chi connectivity index (χ3v) is 9.37. The summed E-state index contributed by atoms with van der Waals surface area (Å²) in [7, 11) is 0. The molecule has 0 atom stereocenters. The lowest BCUT2D eigenvalue weighted by Crippen LogP contribution is -2.16. The molecule has 5 aromatic carbocycles. The molecule has 1 aliphatic carbocycles. The Bertz CT molecular complexity index is 2320. The predicted molar refractivity (Wildman–Crippen MR) is 207 cm³/mol. The fourth-order valence-corrected chi connectivity index (χ4v) is 6.93. The van der Waals surface area contributed by atoms with E-state index in [2.05, 4.69) is 109 Å². The molecule has 8 rings (SSSR count). The van der Waals surface area contributed by atoms with Crippen LogP contribution in [0, 0.1) is 0 Å². The summed E-state index contributed by atoms with van der Waals surface area (Å²) in [6.45, 7) is 5.94. The van der Waals surface area contributed by atoms with Gasteiger partial charge in [-0.2, -0.15) is 0 Å². The summed E-state index contributed by atoms with van der Waals surface area (Å²) in [4.78, 5) is 17.4. The minimum Gasteiger partial charge on any atom is -0.452 e. The van der Waals surface area contributed by atoms with Crippen LogP contribution in [0.2, 0.25) is 0 Å². The number of allylic oxidation sites excluding steroid dienone is 7. The number of aromatic nitrogens is 3. The van der Waals surface area contributed by atoms with Gasteiger partial charge >= 0.3 is 0 Å². The van der Waals surface area contributed by atoms with Crippen LogP contribution >= 0.6 is 0 Å². The molecule has 244 valence electrons. The zero-order chi connectivity index (χ0) is 33.9. The third-order valence-electron chi connectivity index (χ3n) is 9.37. The number of hydrogen-bond acceptors (Lipinski definition) is 5. The molecule has 0 fully saturated rings. The van der Waals surface area contributed by atoms with Crippen LogP contribution in [-0.4, -0.2) is 15.0 Å². The van der Waals surface area contributed by atoms with Crippen LogP contribution in [0.5, 0.6) is 11.5 Å². The molecule has 0 unspecified atom stereocenters. The van der Waals surface area contributed by atoms with Crippen LogP contribution in [-0.2, 0) is 0 Å². The van der Waals surface area contributed by atoms with Crippen LogP contribution in [0.25, 0.3) is 44.7 Å². The Morgan fingerprint density at radius 3 is 2.40 bits per heavy atom. The van der Waals surface area contributed by atoms with Gasteiger partial charge in [-0.25, -0.2) is 15.0 Å². The first kappa shape index (κ1) is 31.2. The summed E-state index contributed by atoms with van der Waals surface area (Å²) in [6.07, 6.45) is 16.2. The van der Waals surface area contributed by atoms with Crippen molar-refractivity contribution in [2.24, 2.45) is 0 Å². The predicted octanol–water partition coefficient (Wildman–Crippen LogP) is 12.4. The molecule has 50 heavy (non-hydrogen) atoms. The van der Waals surface area contributed by atoms with Crippen LogP contribution in [0.15, 0.2) is 146 Å². The summed E-state index contributed by atoms with van der Waals surface area (Å²) in [5.41, 5.74) is 8.34. The maximum Gasteiger partial charge on any atom is 0.164 e. The van der Waals surface area contributed by atoms with Crippen molar-refractivity contribution in [2.75, 3.05) is 4.90 Å². The van der Waals surface area contributed by atoms with Gasteiger partial charge in [-0.3, -0.25) is 0 Å². The molecular formula is C45H38N4O. The SMILES string of the molecule is C=C/C=C(\C=C/C)c1nc(-c2ccc(C3=CCCCCC3)cc2)nc(-c2cccc(N3c4ccccc4Oc4c3ccc3ccccc43)c2)n1. The zero-order valence-electron chi connectivity index (χ0n) is 28.2. The van der Waals surface area contributed by atoms with Crippen molar-refractivity contribution in [2.45, 2.75) is 39.0 Å². The van der Waals surface area contributed by atoms with E-state index in [4.69, 9.17) is 19.7 Å². The first-order valence-corrected chi connectivity index (χ1v) is 17.4. The summed E-state index contributed by atoms with van der Waals surface area (Å²) in [5.74, 6) is 3.47. The van der Waals surface area contributed by atoms with E-state index < -0.39 is 0 Å². The van der Waals surface area contributed by atoms with E-state index in [1.165, 1.54) is 30.4 Å². The number of para-hydroxylation sites is 2. The van der Waals surface area contributed by atoms with E-state index in [1.807, 2.05) is 43.4 Å². The Hall–Kier alpha value is -6.07. The van der Waals surface area contributed by atoms with Crippen LogP contribution < -0.4 is 9.64 Å². The summed E-state index contributed by atoms with van der Waals surface area (Å²) in [5, 5.41) is 2.20. The lowest BCUT2D eigenvalue weighted by atomic mass is 10.00. The smallest absolute Gasteiger partial charge is 0.164 e. The average Bonchev–Trinajstić information content (AvgIpc) is 3.47. The number of benzene rings is 5. The molecule has 2 heterocycles. The molecule has 0 amide bonds. The van der Waals surface area contributed by atoms with Gasteiger partial charge in [0.15, 0.2) is 29.0 Å². The molecule has 0 bridgehead atoms. The van der Waals surface area contributed by atoms with Crippen molar-refractivity contribution < 1.29 is 4.74 Å². The number of hydrogen-bond donors (Lipinski definition) is 0. The van der Waals surface area contributed by atoms with Gasteiger partial charge in [-0.05, 0) is 79.5 Å². The molecule has 0 N–H and O–H groups in total. The highest BCUT2D eigenvalue weighted by Crippen LogP contribution is 2.52. The Labute approximate surface area is 293 Å². The molecule has 1 aromatic heterocycles. The summed E-state index contributed by atoms with van der Waals surface area (Å²) < 4.78 is 6.56. The number of ether oxygens (including phenoxy) is 1. The topological polar surface area (TPSA) is 51.1 Å². The van der Waals surface area contributed by atoms with Gasteiger partial charge in [0.05, 0.1) is 11.4 Å². The van der Waals surface area contributed by atoms with Crippen LogP contribution in [0.1, 0.15) is 50.4 Å². The van der Waals surface area contributed by atoms with Crippen LogP contribution in [0.4, 0.5) is 17.1 Å². The highest BCUT2D eigenvalue weighted by atomic mass is 16.5. The molecule has 0 spiro atoms. The Balaban J connectivity index is 1.25. The van der Waals surface area contributed by atoms with Crippen molar-refractivity contribution >= 4 is 39.0 Å². The average molecular weight is 651 g/mol. The number of nitrogens with zero attached hydrogens (tertiary/aromatic N) is 4.